The van der Waals surface area contributed by atoms with Crippen LogP contribution in [0.2, 0.25) is 0 Å². The summed E-state index contributed by atoms with van der Waals surface area (Å²) in [7, 11) is -3.90. The third kappa shape index (κ3) is 6.72. The van der Waals surface area contributed by atoms with E-state index in [9.17, 15) is 26.4 Å². The minimum Gasteiger partial charge on any atom is -0.489 e. The number of carbonyl (C=O) groups excluding carboxylic acids is 1. The van der Waals surface area contributed by atoms with Gasteiger partial charge in [-0.05, 0) is 42.0 Å². The number of halogens is 3. The monoisotopic (exact) mass is 478 g/mol. The van der Waals surface area contributed by atoms with Crippen molar-refractivity contribution in [2.75, 3.05) is 22.4 Å². The lowest BCUT2D eigenvalue weighted by atomic mass is 10.1. The first-order chi connectivity index (χ1) is 15.5. The van der Waals surface area contributed by atoms with Crippen LogP contribution in [0.4, 0.5) is 24.5 Å². The molecule has 1 N–H and O–H groups in total. The summed E-state index contributed by atoms with van der Waals surface area (Å²) < 4.78 is 70.5. The van der Waals surface area contributed by atoms with Gasteiger partial charge in [-0.2, -0.15) is 13.2 Å². The number of nitrogens with zero attached hydrogens (tertiary/aromatic N) is 1. The van der Waals surface area contributed by atoms with Gasteiger partial charge in [-0.25, -0.2) is 8.42 Å². The number of alkyl halides is 3. The van der Waals surface area contributed by atoms with Crippen LogP contribution in [0.15, 0.2) is 78.9 Å². The van der Waals surface area contributed by atoms with Crippen molar-refractivity contribution in [2.24, 2.45) is 0 Å². The molecule has 3 aromatic rings. The van der Waals surface area contributed by atoms with Crippen molar-refractivity contribution in [3.8, 4) is 5.75 Å². The van der Waals surface area contributed by atoms with Gasteiger partial charge in [0.2, 0.25) is 15.9 Å². The number of sulfonamides is 1. The van der Waals surface area contributed by atoms with E-state index in [-0.39, 0.29) is 5.69 Å². The molecule has 0 saturated carbocycles. The molecule has 6 nitrogen and oxygen atoms in total. The number of benzene rings is 3. The van der Waals surface area contributed by atoms with Gasteiger partial charge < -0.3 is 10.1 Å². The number of ether oxygens (including phenoxy) is 1. The first kappa shape index (κ1) is 24.1. The van der Waals surface area contributed by atoms with Gasteiger partial charge in [0.1, 0.15) is 18.9 Å². The Balaban J connectivity index is 1.72. The van der Waals surface area contributed by atoms with Gasteiger partial charge in [-0.1, -0.05) is 42.5 Å². The minimum absolute atomic E-state index is 0.170. The number of nitrogens with one attached hydrogen (secondary N) is 1. The number of amides is 1. The molecule has 174 valence electrons. The van der Waals surface area contributed by atoms with Crippen LogP contribution >= 0.6 is 0 Å². The lowest BCUT2D eigenvalue weighted by Crippen LogP contribution is -2.37. The highest BCUT2D eigenvalue weighted by atomic mass is 32.2. The molecule has 0 aliphatic carbocycles. The highest BCUT2D eigenvalue weighted by Gasteiger charge is 2.33. The zero-order chi connectivity index (χ0) is 24.1. The van der Waals surface area contributed by atoms with E-state index >= 15 is 0 Å². The Morgan fingerprint density at radius 3 is 2.15 bits per heavy atom. The Kier molecular flexibility index (Phi) is 7.27. The number of anilines is 2. The van der Waals surface area contributed by atoms with E-state index < -0.39 is 39.9 Å². The third-order valence-corrected chi connectivity index (χ3v) is 5.71. The maximum absolute atomic E-state index is 13.2. The van der Waals surface area contributed by atoms with E-state index in [4.69, 9.17) is 4.74 Å². The average molecular weight is 478 g/mol. The number of carbonyl (C=O) groups is 1. The maximum atomic E-state index is 13.2. The highest BCUT2D eigenvalue weighted by molar-refractivity contribution is 7.92. The first-order valence-electron chi connectivity index (χ1n) is 9.74. The Bertz CT molecular complexity index is 1200. The summed E-state index contributed by atoms with van der Waals surface area (Å²) >= 11 is 0. The molecule has 3 rings (SSSR count). The molecule has 0 bridgehead atoms. The van der Waals surface area contributed by atoms with Gasteiger partial charge in [0, 0.05) is 0 Å². The minimum atomic E-state index is -4.67. The third-order valence-electron chi connectivity index (χ3n) is 4.57. The Hall–Kier alpha value is -3.53. The van der Waals surface area contributed by atoms with Gasteiger partial charge in [-0.15, -0.1) is 0 Å². The van der Waals surface area contributed by atoms with E-state index in [0.29, 0.717) is 12.4 Å². The largest absolute Gasteiger partial charge is 0.489 e. The molecule has 0 unspecified atom stereocenters. The van der Waals surface area contributed by atoms with Gasteiger partial charge in [0.05, 0.1) is 23.2 Å². The smallest absolute Gasteiger partial charge is 0.418 e. The second kappa shape index (κ2) is 9.95. The molecule has 0 radical (unpaired) electrons. The summed E-state index contributed by atoms with van der Waals surface area (Å²) in [4.78, 5) is 12.4. The molecule has 0 fully saturated rings. The van der Waals surface area contributed by atoms with Gasteiger partial charge in [0.15, 0.2) is 0 Å². The van der Waals surface area contributed by atoms with Crippen molar-refractivity contribution in [1.29, 1.82) is 0 Å². The molecule has 1 amide bonds. The zero-order valence-electron chi connectivity index (χ0n) is 17.5. The quantitative estimate of drug-likeness (QED) is 0.510. The first-order valence-corrected chi connectivity index (χ1v) is 11.6. The van der Waals surface area contributed by atoms with Crippen molar-refractivity contribution in [2.45, 2.75) is 12.8 Å². The molecular formula is C23H21F3N2O4S. The number of hydrogen-bond donors (Lipinski definition) is 1. The van der Waals surface area contributed by atoms with Crippen molar-refractivity contribution in [3.63, 3.8) is 0 Å². The summed E-state index contributed by atoms with van der Waals surface area (Å²) in [5.74, 6) is -0.430. The molecule has 0 aliphatic rings. The highest BCUT2D eigenvalue weighted by Crippen LogP contribution is 2.34. The second-order valence-electron chi connectivity index (χ2n) is 7.13. The van der Waals surface area contributed by atoms with Gasteiger partial charge in [0.25, 0.3) is 0 Å². The van der Waals surface area contributed by atoms with Crippen molar-refractivity contribution >= 4 is 27.3 Å². The van der Waals surface area contributed by atoms with Crippen LogP contribution in [0.25, 0.3) is 0 Å². The van der Waals surface area contributed by atoms with E-state index in [1.54, 1.807) is 12.1 Å². The normalized spacial score (nSPS) is 11.6. The van der Waals surface area contributed by atoms with Crippen molar-refractivity contribution in [3.05, 3.63) is 90.0 Å². The summed E-state index contributed by atoms with van der Waals surface area (Å²) in [6.45, 7) is -0.383. The molecule has 0 saturated heterocycles. The average Bonchev–Trinajstić information content (AvgIpc) is 2.76. The fraction of sp³-hybridized carbons (Fsp3) is 0.174. The van der Waals surface area contributed by atoms with Gasteiger partial charge >= 0.3 is 6.18 Å². The summed E-state index contributed by atoms with van der Waals surface area (Å²) in [6.07, 6.45) is -3.76. The summed E-state index contributed by atoms with van der Waals surface area (Å²) in [6, 6.07) is 19.9. The maximum Gasteiger partial charge on any atom is 0.418 e. The molecule has 0 aliphatic heterocycles. The lowest BCUT2D eigenvalue weighted by molar-refractivity contribution is -0.137. The topological polar surface area (TPSA) is 75.7 Å². The van der Waals surface area contributed by atoms with E-state index in [0.717, 1.165) is 28.3 Å². The van der Waals surface area contributed by atoms with Crippen LogP contribution in [0.3, 0.4) is 0 Å². The summed E-state index contributed by atoms with van der Waals surface area (Å²) in [5, 5.41) is 2.15. The summed E-state index contributed by atoms with van der Waals surface area (Å²) in [5.41, 5.74) is -0.351. The molecule has 0 spiro atoms. The molecule has 0 aromatic heterocycles. The van der Waals surface area contributed by atoms with Crippen LogP contribution in [-0.2, 0) is 27.6 Å². The Morgan fingerprint density at radius 2 is 1.55 bits per heavy atom. The van der Waals surface area contributed by atoms with Crippen molar-refractivity contribution in [1.82, 2.24) is 0 Å². The molecule has 10 heteroatoms. The van der Waals surface area contributed by atoms with Gasteiger partial charge in [-0.3, -0.25) is 9.10 Å². The Morgan fingerprint density at radius 1 is 0.939 bits per heavy atom. The van der Waals surface area contributed by atoms with E-state index in [1.165, 1.54) is 24.3 Å². The predicted octanol–water partition coefficient (Wildman–Crippen LogP) is 4.69. The second-order valence-corrected chi connectivity index (χ2v) is 9.04. The number of para-hydroxylation sites is 1. The zero-order valence-corrected chi connectivity index (χ0v) is 18.4. The standard InChI is InChI=1S/C23H21F3N2O4S/c1-33(30,31)28(15-22(29)27-21-10-6-5-9-20(21)23(24,25)26)18-11-13-19(14-12-18)32-16-17-7-3-2-4-8-17/h2-14H,15-16H2,1H3,(H,27,29). The SMILES string of the molecule is CS(=O)(=O)N(CC(=O)Nc1ccccc1C(F)(F)F)c1ccc(OCc2ccccc2)cc1. The number of rotatable bonds is 8. The van der Waals surface area contributed by atoms with Crippen LogP contribution in [-0.4, -0.2) is 27.1 Å². The molecule has 0 atom stereocenters. The van der Waals surface area contributed by atoms with Crippen LogP contribution < -0.4 is 14.4 Å². The lowest BCUT2D eigenvalue weighted by Gasteiger charge is -2.22. The fourth-order valence-electron chi connectivity index (χ4n) is 3.01. The molecule has 0 heterocycles. The molecule has 3 aromatic carbocycles. The Labute approximate surface area is 189 Å². The van der Waals surface area contributed by atoms with Crippen LogP contribution in [0.1, 0.15) is 11.1 Å². The predicted molar refractivity (Wildman–Crippen MR) is 119 cm³/mol. The van der Waals surface area contributed by atoms with Crippen molar-refractivity contribution < 1.29 is 31.1 Å². The van der Waals surface area contributed by atoms with Crippen LogP contribution in [0, 0.1) is 0 Å². The van der Waals surface area contributed by atoms with E-state index in [1.807, 2.05) is 30.3 Å². The fourth-order valence-corrected chi connectivity index (χ4v) is 3.87. The molecular weight excluding hydrogens is 457 g/mol. The number of hydrogen-bond acceptors (Lipinski definition) is 4. The van der Waals surface area contributed by atoms with E-state index in [2.05, 4.69) is 5.32 Å². The molecule has 33 heavy (non-hydrogen) atoms. The van der Waals surface area contributed by atoms with Crippen LogP contribution in [0.5, 0.6) is 5.75 Å².